The Hall–Kier alpha value is -2.78. The normalized spacial score (nSPS) is 11.9. The lowest BCUT2D eigenvalue weighted by molar-refractivity contribution is -0.122. The number of hydrogen-bond donors (Lipinski definition) is 1. The molecule has 1 N–H and O–H groups in total. The molecule has 1 atom stereocenters. The van der Waals surface area contributed by atoms with Crippen molar-refractivity contribution in [3.05, 3.63) is 63.1 Å². The lowest BCUT2D eigenvalue weighted by Gasteiger charge is -2.17. The van der Waals surface area contributed by atoms with Crippen molar-refractivity contribution in [2.75, 3.05) is 7.11 Å². The van der Waals surface area contributed by atoms with Crippen LogP contribution in [0.1, 0.15) is 18.5 Å². The lowest BCUT2D eigenvalue weighted by atomic mass is 10.1. The van der Waals surface area contributed by atoms with Gasteiger partial charge < -0.3 is 14.6 Å². The first-order valence-electron chi connectivity index (χ1n) is 8.58. The lowest BCUT2D eigenvalue weighted by Crippen LogP contribution is -2.34. The van der Waals surface area contributed by atoms with Gasteiger partial charge in [0.25, 0.3) is 5.56 Å². The Balaban J connectivity index is 1.81. The molecule has 7 nitrogen and oxygen atoms in total. The van der Waals surface area contributed by atoms with Gasteiger partial charge in [-0.3, -0.25) is 14.2 Å². The average molecular weight is 417 g/mol. The van der Waals surface area contributed by atoms with E-state index in [9.17, 15) is 9.59 Å². The van der Waals surface area contributed by atoms with E-state index in [0.29, 0.717) is 26.6 Å². The van der Waals surface area contributed by atoms with Crippen molar-refractivity contribution in [2.24, 2.45) is 0 Å². The van der Waals surface area contributed by atoms with Gasteiger partial charge in [0.15, 0.2) is 9.60 Å². The second-order valence-corrected chi connectivity index (χ2v) is 7.77. The van der Waals surface area contributed by atoms with E-state index < -0.39 is 0 Å². The van der Waals surface area contributed by atoms with Gasteiger partial charge in [-0.15, -0.1) is 6.58 Å². The number of ether oxygens (including phenoxy) is 1. The molecule has 0 fully saturated rings. The van der Waals surface area contributed by atoms with Crippen molar-refractivity contribution in [1.29, 1.82) is 0 Å². The predicted molar refractivity (Wildman–Crippen MR) is 112 cm³/mol. The summed E-state index contributed by atoms with van der Waals surface area (Å²) in [7, 11) is 1.58. The molecule has 2 heterocycles. The molecule has 0 saturated carbocycles. The molecule has 0 saturated heterocycles. The number of hydrogen-bond acceptors (Lipinski definition) is 6. The number of aromatic nitrogens is 3. The number of nitrogens with one attached hydrogen (secondary N) is 1. The number of para-hydroxylation sites is 1. The second-order valence-electron chi connectivity index (χ2n) is 6.13. The van der Waals surface area contributed by atoms with E-state index in [1.165, 1.54) is 22.2 Å². The molecule has 3 aromatic rings. The minimum Gasteiger partial charge on any atom is -0.496 e. The van der Waals surface area contributed by atoms with Crippen LogP contribution in [-0.4, -0.2) is 27.1 Å². The molecule has 28 heavy (non-hydrogen) atoms. The van der Waals surface area contributed by atoms with Crippen LogP contribution < -0.4 is 15.6 Å². The van der Waals surface area contributed by atoms with E-state index in [0.717, 1.165) is 5.56 Å². The zero-order valence-corrected chi connectivity index (χ0v) is 17.2. The topological polar surface area (TPSA) is 78.2 Å². The SMILES string of the molecule is C=CCn1c(=S)sc2c(=O)n(CC(=O)NC(C)c3ccccc3OC)cnc21. The molecule has 0 radical (unpaired) electrons. The summed E-state index contributed by atoms with van der Waals surface area (Å²) in [5.41, 5.74) is 1.08. The molecular formula is C19H20N4O3S2. The Bertz CT molecular complexity index is 1150. The van der Waals surface area contributed by atoms with E-state index in [1.807, 2.05) is 31.2 Å². The number of rotatable bonds is 7. The van der Waals surface area contributed by atoms with Crippen LogP contribution >= 0.6 is 23.6 Å². The third-order valence-corrected chi connectivity index (χ3v) is 5.68. The number of fused-ring (bicyclic) bond motifs is 1. The molecule has 0 bridgehead atoms. The second kappa shape index (κ2) is 8.49. The van der Waals surface area contributed by atoms with E-state index in [2.05, 4.69) is 16.9 Å². The molecule has 9 heteroatoms. The summed E-state index contributed by atoms with van der Waals surface area (Å²) in [4.78, 5) is 29.5. The first-order valence-corrected chi connectivity index (χ1v) is 9.80. The summed E-state index contributed by atoms with van der Waals surface area (Å²) < 4.78 is 9.35. The van der Waals surface area contributed by atoms with Gasteiger partial charge in [-0.1, -0.05) is 35.6 Å². The average Bonchev–Trinajstić information content (AvgIpc) is 3.00. The standard InChI is InChI=1S/C19H20N4O3S2/c1-4-9-23-17-16(28-19(23)27)18(25)22(11-20-17)10-15(24)21-12(2)13-7-5-6-8-14(13)26-3/h4-8,11-12H,1,9-10H2,2-3H3,(H,21,24). The molecule has 1 amide bonds. The number of amides is 1. The summed E-state index contributed by atoms with van der Waals surface area (Å²) in [6, 6.07) is 7.20. The molecule has 3 rings (SSSR count). The molecule has 2 aromatic heterocycles. The molecule has 0 aliphatic carbocycles. The zero-order valence-electron chi connectivity index (χ0n) is 15.5. The van der Waals surface area contributed by atoms with Crippen LogP contribution in [-0.2, 0) is 17.9 Å². The van der Waals surface area contributed by atoms with Crippen molar-refractivity contribution in [1.82, 2.24) is 19.4 Å². The highest BCUT2D eigenvalue weighted by Crippen LogP contribution is 2.24. The Morgan fingerprint density at radius 3 is 2.93 bits per heavy atom. The van der Waals surface area contributed by atoms with Crippen LogP contribution in [0.5, 0.6) is 5.75 Å². The number of methoxy groups -OCH3 is 1. The van der Waals surface area contributed by atoms with Crippen LogP contribution in [0.25, 0.3) is 10.3 Å². The van der Waals surface area contributed by atoms with Crippen molar-refractivity contribution < 1.29 is 9.53 Å². The Kier molecular flexibility index (Phi) is 6.05. The van der Waals surface area contributed by atoms with Gasteiger partial charge >= 0.3 is 0 Å². The number of thiazole rings is 1. The fourth-order valence-electron chi connectivity index (χ4n) is 2.92. The van der Waals surface area contributed by atoms with Crippen LogP contribution in [0.4, 0.5) is 0 Å². The third-order valence-electron chi connectivity index (χ3n) is 4.25. The van der Waals surface area contributed by atoms with Gasteiger partial charge in [-0.2, -0.15) is 0 Å². The first-order chi connectivity index (χ1) is 13.5. The van der Waals surface area contributed by atoms with Gasteiger partial charge in [-0.25, -0.2) is 4.98 Å². The number of nitrogens with zero attached hydrogens (tertiary/aromatic N) is 3. The van der Waals surface area contributed by atoms with Crippen molar-refractivity contribution >= 4 is 39.8 Å². The monoisotopic (exact) mass is 416 g/mol. The zero-order chi connectivity index (χ0) is 20.3. The summed E-state index contributed by atoms with van der Waals surface area (Å²) in [6.45, 7) is 5.90. The Labute approximate surface area is 170 Å². The maximum absolute atomic E-state index is 12.7. The summed E-state index contributed by atoms with van der Waals surface area (Å²) in [5.74, 6) is 0.398. The van der Waals surface area contributed by atoms with Crippen molar-refractivity contribution in [3.63, 3.8) is 0 Å². The quantitative estimate of drug-likeness (QED) is 0.473. The first kappa shape index (κ1) is 20.0. The molecule has 1 aromatic carbocycles. The highest BCUT2D eigenvalue weighted by Gasteiger charge is 2.16. The van der Waals surface area contributed by atoms with E-state index in [4.69, 9.17) is 17.0 Å². The molecule has 0 aliphatic heterocycles. The third kappa shape index (κ3) is 3.90. The predicted octanol–water partition coefficient (Wildman–Crippen LogP) is 3.06. The molecule has 1 unspecified atom stereocenters. The molecule has 146 valence electrons. The van der Waals surface area contributed by atoms with Gasteiger partial charge in [0.05, 0.1) is 13.2 Å². The van der Waals surface area contributed by atoms with Gasteiger partial charge in [-0.05, 0) is 25.2 Å². The smallest absolute Gasteiger partial charge is 0.273 e. The van der Waals surface area contributed by atoms with E-state index in [-0.39, 0.29) is 24.1 Å². The van der Waals surface area contributed by atoms with E-state index >= 15 is 0 Å². The molecule has 0 spiro atoms. The van der Waals surface area contributed by atoms with Gasteiger partial charge in [0.2, 0.25) is 5.91 Å². The van der Waals surface area contributed by atoms with Crippen LogP contribution in [0, 0.1) is 3.95 Å². The maximum Gasteiger partial charge on any atom is 0.273 e. The highest BCUT2D eigenvalue weighted by molar-refractivity contribution is 7.73. The number of allylic oxidation sites excluding steroid dienone is 1. The van der Waals surface area contributed by atoms with Crippen molar-refractivity contribution in [2.45, 2.75) is 26.1 Å². The Morgan fingerprint density at radius 2 is 2.21 bits per heavy atom. The Morgan fingerprint density at radius 1 is 1.46 bits per heavy atom. The van der Waals surface area contributed by atoms with Gasteiger partial charge in [0.1, 0.15) is 23.3 Å². The molecular weight excluding hydrogens is 396 g/mol. The fourth-order valence-corrected chi connectivity index (χ4v) is 4.23. The number of benzene rings is 1. The minimum absolute atomic E-state index is 0.132. The van der Waals surface area contributed by atoms with Crippen LogP contribution in [0.2, 0.25) is 0 Å². The van der Waals surface area contributed by atoms with E-state index in [1.54, 1.807) is 17.8 Å². The van der Waals surface area contributed by atoms with Crippen molar-refractivity contribution in [3.8, 4) is 5.75 Å². The minimum atomic E-state index is -0.296. The van der Waals surface area contributed by atoms with Gasteiger partial charge in [0, 0.05) is 12.1 Å². The molecule has 0 aliphatic rings. The maximum atomic E-state index is 12.7. The van der Waals surface area contributed by atoms with Crippen LogP contribution in [0.15, 0.2) is 48.0 Å². The number of carbonyl (C=O) groups excluding carboxylic acids is 1. The highest BCUT2D eigenvalue weighted by atomic mass is 32.1. The summed E-state index contributed by atoms with van der Waals surface area (Å²) in [5, 5.41) is 2.89. The summed E-state index contributed by atoms with van der Waals surface area (Å²) in [6.07, 6.45) is 3.07. The fraction of sp³-hybridized carbons (Fsp3) is 0.263. The summed E-state index contributed by atoms with van der Waals surface area (Å²) >= 11 is 6.49. The largest absolute Gasteiger partial charge is 0.496 e. The van der Waals surface area contributed by atoms with Crippen LogP contribution in [0.3, 0.4) is 0 Å². The number of carbonyl (C=O) groups is 1.